The first kappa shape index (κ1) is 16.0. The van der Waals surface area contributed by atoms with Gasteiger partial charge in [0, 0.05) is 31.2 Å². The second-order valence-electron chi connectivity index (χ2n) is 6.31. The molecule has 0 saturated heterocycles. The lowest BCUT2D eigenvalue weighted by Gasteiger charge is -2.38. The zero-order valence-electron chi connectivity index (χ0n) is 13.2. The van der Waals surface area contributed by atoms with Crippen LogP contribution in [-0.2, 0) is 0 Å². The maximum Gasteiger partial charge on any atom is 0.0221 e. The predicted octanol–water partition coefficient (Wildman–Crippen LogP) is 3.66. The minimum atomic E-state index is 0.720. The number of hydrogen-bond donors (Lipinski definition) is 1. The Morgan fingerprint density at radius 3 is 1.94 bits per heavy atom. The molecule has 2 nitrogen and oxygen atoms in total. The molecule has 1 saturated carbocycles. The monoisotopic (exact) mass is 254 g/mol. The summed E-state index contributed by atoms with van der Waals surface area (Å²) >= 11 is 0. The van der Waals surface area contributed by atoms with Crippen LogP contribution in [-0.4, -0.2) is 36.1 Å². The van der Waals surface area contributed by atoms with Gasteiger partial charge in [-0.2, -0.15) is 0 Å². The summed E-state index contributed by atoms with van der Waals surface area (Å²) in [6, 6.07) is 2.32. The van der Waals surface area contributed by atoms with Gasteiger partial charge in [0.05, 0.1) is 0 Å². The Labute approximate surface area is 115 Å². The molecule has 0 spiro atoms. The summed E-state index contributed by atoms with van der Waals surface area (Å²) in [6.45, 7) is 14.1. The zero-order valence-corrected chi connectivity index (χ0v) is 13.2. The van der Waals surface area contributed by atoms with Gasteiger partial charge >= 0.3 is 0 Å². The van der Waals surface area contributed by atoms with E-state index in [1.165, 1.54) is 45.2 Å². The molecule has 1 fully saturated rings. The van der Waals surface area contributed by atoms with Crippen molar-refractivity contribution in [1.82, 2.24) is 10.2 Å². The van der Waals surface area contributed by atoms with Gasteiger partial charge in [-0.3, -0.25) is 4.90 Å². The minimum absolute atomic E-state index is 0.720. The van der Waals surface area contributed by atoms with Crippen LogP contribution in [0.2, 0.25) is 0 Å². The highest BCUT2D eigenvalue weighted by Crippen LogP contribution is 2.21. The molecule has 1 atom stereocenters. The summed E-state index contributed by atoms with van der Waals surface area (Å²) in [5.74, 6) is 0.764. The highest BCUT2D eigenvalue weighted by molar-refractivity contribution is 4.85. The molecule has 0 amide bonds. The molecule has 0 aromatic carbocycles. The van der Waals surface area contributed by atoms with Crippen LogP contribution in [0.25, 0.3) is 0 Å². The van der Waals surface area contributed by atoms with Gasteiger partial charge in [-0.05, 0) is 38.0 Å². The predicted molar refractivity (Wildman–Crippen MR) is 81.0 cm³/mol. The summed E-state index contributed by atoms with van der Waals surface area (Å²) < 4.78 is 0. The van der Waals surface area contributed by atoms with Gasteiger partial charge < -0.3 is 5.32 Å². The Morgan fingerprint density at radius 1 is 1.00 bits per heavy atom. The summed E-state index contributed by atoms with van der Waals surface area (Å²) in [4.78, 5) is 2.78. The Kier molecular flexibility index (Phi) is 7.25. The molecule has 0 aromatic rings. The van der Waals surface area contributed by atoms with Gasteiger partial charge in [-0.25, -0.2) is 0 Å². The fourth-order valence-electron chi connectivity index (χ4n) is 2.86. The summed E-state index contributed by atoms with van der Waals surface area (Å²) in [5.41, 5.74) is 0. The molecule has 1 aliphatic carbocycles. The van der Waals surface area contributed by atoms with E-state index in [4.69, 9.17) is 0 Å². The van der Waals surface area contributed by atoms with Crippen molar-refractivity contribution in [3.8, 4) is 0 Å². The van der Waals surface area contributed by atoms with E-state index in [1.807, 2.05) is 0 Å². The number of hydrogen-bond acceptors (Lipinski definition) is 2. The Balaban J connectivity index is 2.56. The van der Waals surface area contributed by atoms with Crippen molar-refractivity contribution in [2.75, 3.05) is 13.1 Å². The van der Waals surface area contributed by atoms with E-state index >= 15 is 0 Å². The molecular formula is C16H34N2. The number of rotatable bonds is 10. The van der Waals surface area contributed by atoms with E-state index in [0.717, 1.165) is 24.0 Å². The van der Waals surface area contributed by atoms with E-state index in [-0.39, 0.29) is 0 Å². The van der Waals surface area contributed by atoms with E-state index in [9.17, 15) is 0 Å². The third-order valence-electron chi connectivity index (χ3n) is 4.15. The highest BCUT2D eigenvalue weighted by atomic mass is 15.2. The lowest BCUT2D eigenvalue weighted by atomic mass is 10.0. The van der Waals surface area contributed by atoms with Crippen LogP contribution >= 0.6 is 0 Å². The summed E-state index contributed by atoms with van der Waals surface area (Å²) in [7, 11) is 0. The van der Waals surface area contributed by atoms with Crippen LogP contribution in [0.4, 0.5) is 0 Å². The van der Waals surface area contributed by atoms with Crippen molar-refractivity contribution < 1.29 is 0 Å². The smallest absolute Gasteiger partial charge is 0.0221 e. The topological polar surface area (TPSA) is 15.3 Å². The van der Waals surface area contributed by atoms with Crippen molar-refractivity contribution in [2.24, 2.45) is 5.92 Å². The molecule has 108 valence electrons. The van der Waals surface area contributed by atoms with E-state index in [0.29, 0.717) is 0 Å². The quantitative estimate of drug-likeness (QED) is 0.640. The Bertz CT molecular complexity index is 207. The Hall–Kier alpha value is -0.0800. The van der Waals surface area contributed by atoms with E-state index in [2.05, 4.69) is 44.8 Å². The van der Waals surface area contributed by atoms with Crippen molar-refractivity contribution in [1.29, 1.82) is 0 Å². The molecule has 1 unspecified atom stereocenters. The first-order valence-electron chi connectivity index (χ1n) is 8.11. The van der Waals surface area contributed by atoms with Crippen LogP contribution in [0.15, 0.2) is 0 Å². The molecule has 1 aliphatic rings. The fourth-order valence-corrected chi connectivity index (χ4v) is 2.86. The van der Waals surface area contributed by atoms with Crippen LogP contribution < -0.4 is 5.32 Å². The average molecular weight is 254 g/mol. The van der Waals surface area contributed by atoms with Gasteiger partial charge in [-0.15, -0.1) is 0 Å². The highest BCUT2D eigenvalue weighted by Gasteiger charge is 2.26. The normalized spacial score (nSPS) is 18.0. The lowest BCUT2D eigenvalue weighted by molar-refractivity contribution is 0.104. The first-order valence-corrected chi connectivity index (χ1v) is 8.11. The summed E-state index contributed by atoms with van der Waals surface area (Å²) in [5, 5.41) is 3.72. The molecule has 0 radical (unpaired) electrons. The van der Waals surface area contributed by atoms with Crippen LogP contribution in [0, 0.1) is 5.92 Å². The van der Waals surface area contributed by atoms with Crippen LogP contribution in [0.1, 0.15) is 66.7 Å². The zero-order chi connectivity index (χ0) is 13.5. The largest absolute Gasteiger partial charge is 0.312 e. The molecule has 0 heterocycles. The molecular weight excluding hydrogens is 220 g/mol. The third kappa shape index (κ3) is 5.27. The van der Waals surface area contributed by atoms with Crippen molar-refractivity contribution in [2.45, 2.75) is 84.8 Å². The molecule has 2 heteroatoms. The van der Waals surface area contributed by atoms with Crippen molar-refractivity contribution in [3.05, 3.63) is 0 Å². The number of nitrogens with one attached hydrogen (secondary N) is 1. The van der Waals surface area contributed by atoms with Gasteiger partial charge in [-0.1, -0.05) is 34.6 Å². The average Bonchev–Trinajstić information content (AvgIpc) is 3.14. The fraction of sp³-hybridized carbons (Fsp3) is 1.00. The van der Waals surface area contributed by atoms with Crippen LogP contribution in [0.5, 0.6) is 0 Å². The molecule has 1 rings (SSSR count). The minimum Gasteiger partial charge on any atom is -0.312 e. The van der Waals surface area contributed by atoms with Gasteiger partial charge in [0.1, 0.15) is 0 Å². The molecule has 0 aliphatic heterocycles. The number of nitrogens with zero attached hydrogens (tertiary/aromatic N) is 1. The van der Waals surface area contributed by atoms with E-state index in [1.54, 1.807) is 0 Å². The molecule has 18 heavy (non-hydrogen) atoms. The summed E-state index contributed by atoms with van der Waals surface area (Å²) in [6.07, 6.45) is 6.62. The Morgan fingerprint density at radius 2 is 1.56 bits per heavy atom. The maximum atomic E-state index is 3.72. The molecule has 1 N–H and O–H groups in total. The van der Waals surface area contributed by atoms with Crippen LogP contribution in [0.3, 0.4) is 0 Å². The van der Waals surface area contributed by atoms with Gasteiger partial charge in [0.15, 0.2) is 0 Å². The molecule has 0 aromatic heterocycles. The first-order chi connectivity index (χ1) is 8.62. The standard InChI is InChI=1S/C16H34N2/c1-6-15(7-2)18(12-13(4)5)16(8-3)11-17-14-9-10-14/h13-17H,6-12H2,1-5H3. The second-order valence-corrected chi connectivity index (χ2v) is 6.31. The third-order valence-corrected chi connectivity index (χ3v) is 4.15. The van der Waals surface area contributed by atoms with Crippen molar-refractivity contribution in [3.63, 3.8) is 0 Å². The van der Waals surface area contributed by atoms with E-state index < -0.39 is 0 Å². The lowest BCUT2D eigenvalue weighted by Crippen LogP contribution is -2.49. The van der Waals surface area contributed by atoms with Crippen molar-refractivity contribution >= 4 is 0 Å². The second kappa shape index (κ2) is 8.16. The SMILES string of the molecule is CCC(CC)N(CC(C)C)C(CC)CNC1CC1. The molecule has 0 bridgehead atoms. The van der Waals surface area contributed by atoms with Gasteiger partial charge in [0.25, 0.3) is 0 Å². The van der Waals surface area contributed by atoms with Gasteiger partial charge in [0.2, 0.25) is 0 Å². The maximum absolute atomic E-state index is 3.72.